The summed E-state index contributed by atoms with van der Waals surface area (Å²) in [5.41, 5.74) is 0.0521. The molecule has 22 heavy (non-hydrogen) atoms. The Balaban J connectivity index is 3.02. The van der Waals surface area contributed by atoms with Gasteiger partial charge in [-0.3, -0.25) is 4.79 Å². The van der Waals surface area contributed by atoms with E-state index in [0.717, 1.165) is 12.8 Å². The van der Waals surface area contributed by atoms with Crippen LogP contribution in [0.25, 0.3) is 0 Å². The fourth-order valence-electron chi connectivity index (χ4n) is 1.47. The van der Waals surface area contributed by atoms with Gasteiger partial charge in [0.05, 0.1) is 13.7 Å². The van der Waals surface area contributed by atoms with E-state index in [0.29, 0.717) is 13.0 Å². The van der Waals surface area contributed by atoms with E-state index in [-0.39, 0.29) is 17.3 Å². The number of aromatic nitrogens is 2. The van der Waals surface area contributed by atoms with E-state index in [4.69, 9.17) is 4.74 Å². The maximum atomic E-state index is 12.1. The molecule has 0 aliphatic heterocycles. The van der Waals surface area contributed by atoms with Gasteiger partial charge in [0.25, 0.3) is 5.91 Å². The Hall–Kier alpha value is -2.22. The van der Waals surface area contributed by atoms with Crippen molar-refractivity contribution >= 4 is 11.9 Å². The number of hydrogen-bond acceptors (Lipinski definition) is 7. The molecule has 0 saturated heterocycles. The Kier molecular flexibility index (Phi) is 7.24. The van der Waals surface area contributed by atoms with Gasteiger partial charge in [-0.15, -0.1) is 0 Å². The van der Waals surface area contributed by atoms with Crippen molar-refractivity contribution in [2.75, 3.05) is 13.7 Å². The third-order valence-electron chi connectivity index (χ3n) is 2.79. The minimum atomic E-state index is -0.976. The molecule has 1 unspecified atom stereocenters. The van der Waals surface area contributed by atoms with Gasteiger partial charge in [0.1, 0.15) is 11.8 Å². The molecule has 0 fully saturated rings. The fourth-order valence-corrected chi connectivity index (χ4v) is 1.47. The largest absolute Gasteiger partial charge is 0.477 e. The molecule has 2 N–H and O–H groups in total. The Morgan fingerprint density at radius 3 is 2.73 bits per heavy atom. The number of hydrogen-bond donors (Lipinski definition) is 2. The highest BCUT2D eigenvalue weighted by atomic mass is 16.5. The first-order chi connectivity index (χ1) is 10.5. The van der Waals surface area contributed by atoms with Crippen molar-refractivity contribution in [3.63, 3.8) is 0 Å². The van der Waals surface area contributed by atoms with Crippen molar-refractivity contribution in [1.29, 1.82) is 0 Å². The maximum Gasteiger partial charge on any atom is 0.376 e. The van der Waals surface area contributed by atoms with Crippen LogP contribution in [0.2, 0.25) is 0 Å². The molecule has 1 atom stereocenters. The Labute approximate surface area is 128 Å². The zero-order valence-electron chi connectivity index (χ0n) is 13.0. The normalized spacial score (nSPS) is 11.6. The molecule has 1 heterocycles. The van der Waals surface area contributed by atoms with Crippen LogP contribution in [0.5, 0.6) is 5.88 Å². The summed E-state index contributed by atoms with van der Waals surface area (Å²) in [5.74, 6) is -1.50. The molecule has 0 saturated carbocycles. The second-order valence-corrected chi connectivity index (χ2v) is 4.50. The van der Waals surface area contributed by atoms with Crippen LogP contribution in [-0.2, 0) is 4.74 Å². The zero-order chi connectivity index (χ0) is 16.5. The lowest BCUT2D eigenvalue weighted by atomic mass is 10.2. The fraction of sp³-hybridized carbons (Fsp3) is 0.571. The number of carbonyl (C=O) groups excluding carboxylic acids is 2. The van der Waals surface area contributed by atoms with Gasteiger partial charge in [-0.05, 0) is 12.8 Å². The summed E-state index contributed by atoms with van der Waals surface area (Å²) in [6.45, 7) is 4.07. The molecule has 122 valence electrons. The Morgan fingerprint density at radius 1 is 1.41 bits per heavy atom. The lowest BCUT2D eigenvalue weighted by Crippen LogP contribution is -2.34. The standard InChI is InChI=1S/C14H21N3O5/c1-4-6-7-22-13-9(12(19)16-10(18)5-2)8-15-11(17-13)14(20)21-3/h8,10,18H,4-7H2,1-3H3,(H,16,19). The van der Waals surface area contributed by atoms with Crippen LogP contribution < -0.4 is 10.1 Å². The average Bonchev–Trinajstić information content (AvgIpc) is 2.53. The van der Waals surface area contributed by atoms with Gasteiger partial charge in [0.2, 0.25) is 11.7 Å². The van der Waals surface area contributed by atoms with E-state index < -0.39 is 18.1 Å². The smallest absolute Gasteiger partial charge is 0.376 e. The van der Waals surface area contributed by atoms with Crippen molar-refractivity contribution < 1.29 is 24.2 Å². The average molecular weight is 311 g/mol. The highest BCUT2D eigenvalue weighted by Gasteiger charge is 2.20. The first kappa shape index (κ1) is 17.8. The van der Waals surface area contributed by atoms with Gasteiger partial charge in [-0.25, -0.2) is 9.78 Å². The number of aliphatic hydroxyl groups is 1. The van der Waals surface area contributed by atoms with E-state index >= 15 is 0 Å². The molecule has 1 rings (SSSR count). The zero-order valence-corrected chi connectivity index (χ0v) is 13.0. The summed E-state index contributed by atoms with van der Waals surface area (Å²) in [5, 5.41) is 11.9. The molecule has 1 amide bonds. The topological polar surface area (TPSA) is 111 Å². The van der Waals surface area contributed by atoms with Crippen LogP contribution in [0, 0.1) is 0 Å². The predicted molar refractivity (Wildman–Crippen MR) is 77.5 cm³/mol. The number of aliphatic hydroxyl groups excluding tert-OH is 1. The highest BCUT2D eigenvalue weighted by Crippen LogP contribution is 2.16. The lowest BCUT2D eigenvalue weighted by molar-refractivity contribution is 0.0583. The summed E-state index contributed by atoms with van der Waals surface area (Å²) in [6, 6.07) is 0. The summed E-state index contributed by atoms with van der Waals surface area (Å²) < 4.78 is 9.99. The summed E-state index contributed by atoms with van der Waals surface area (Å²) >= 11 is 0. The number of nitrogens with zero attached hydrogens (tertiary/aromatic N) is 2. The molecular weight excluding hydrogens is 290 g/mol. The SMILES string of the molecule is CCCCOc1nc(C(=O)OC)ncc1C(=O)NC(O)CC. The van der Waals surface area contributed by atoms with Gasteiger partial charge in [0.15, 0.2) is 0 Å². The number of methoxy groups -OCH3 is 1. The molecule has 0 spiro atoms. The van der Waals surface area contributed by atoms with Crippen LogP contribution in [0.1, 0.15) is 54.1 Å². The minimum Gasteiger partial charge on any atom is -0.477 e. The van der Waals surface area contributed by atoms with Crippen LogP contribution in [-0.4, -0.2) is 46.9 Å². The van der Waals surface area contributed by atoms with Gasteiger partial charge in [-0.2, -0.15) is 4.98 Å². The molecule has 0 radical (unpaired) electrons. The van der Waals surface area contributed by atoms with E-state index in [1.54, 1.807) is 6.92 Å². The van der Waals surface area contributed by atoms with Crippen molar-refractivity contribution in [3.05, 3.63) is 17.6 Å². The number of unbranched alkanes of at least 4 members (excludes halogenated alkanes) is 1. The van der Waals surface area contributed by atoms with E-state index in [2.05, 4.69) is 20.0 Å². The maximum absolute atomic E-state index is 12.1. The van der Waals surface area contributed by atoms with Gasteiger partial charge < -0.3 is 19.9 Å². The molecule has 8 heteroatoms. The van der Waals surface area contributed by atoms with E-state index in [1.165, 1.54) is 13.3 Å². The molecule has 8 nitrogen and oxygen atoms in total. The van der Waals surface area contributed by atoms with Crippen molar-refractivity contribution in [2.24, 2.45) is 0 Å². The van der Waals surface area contributed by atoms with Crippen LogP contribution >= 0.6 is 0 Å². The third kappa shape index (κ3) is 4.96. The first-order valence-electron chi connectivity index (χ1n) is 7.10. The number of rotatable bonds is 8. The third-order valence-corrected chi connectivity index (χ3v) is 2.79. The summed E-state index contributed by atoms with van der Waals surface area (Å²) in [4.78, 5) is 31.2. The molecule has 1 aromatic rings. The van der Waals surface area contributed by atoms with Crippen LogP contribution in [0.3, 0.4) is 0 Å². The Bertz CT molecular complexity index is 521. The lowest BCUT2D eigenvalue weighted by Gasteiger charge is -2.13. The molecule has 0 aromatic carbocycles. The molecule has 0 aliphatic rings. The second kappa shape index (κ2) is 8.93. The predicted octanol–water partition coefficient (Wildman–Crippen LogP) is 0.900. The number of ether oxygens (including phenoxy) is 2. The molecular formula is C14H21N3O5. The number of esters is 1. The highest BCUT2D eigenvalue weighted by molar-refractivity contribution is 5.96. The summed E-state index contributed by atoms with van der Waals surface area (Å²) in [7, 11) is 1.21. The quantitative estimate of drug-likeness (QED) is 0.417. The van der Waals surface area contributed by atoms with Crippen LogP contribution in [0.15, 0.2) is 6.20 Å². The van der Waals surface area contributed by atoms with Gasteiger partial charge in [0, 0.05) is 6.20 Å². The number of nitrogens with one attached hydrogen (secondary N) is 1. The van der Waals surface area contributed by atoms with Gasteiger partial charge >= 0.3 is 5.97 Å². The molecule has 0 bridgehead atoms. The molecule has 1 aromatic heterocycles. The van der Waals surface area contributed by atoms with E-state index in [9.17, 15) is 14.7 Å². The minimum absolute atomic E-state index is 0.00958. The van der Waals surface area contributed by atoms with Crippen molar-refractivity contribution in [1.82, 2.24) is 15.3 Å². The van der Waals surface area contributed by atoms with Crippen molar-refractivity contribution in [2.45, 2.75) is 39.3 Å². The number of carbonyl (C=O) groups is 2. The number of amides is 1. The van der Waals surface area contributed by atoms with Crippen LogP contribution in [0.4, 0.5) is 0 Å². The first-order valence-corrected chi connectivity index (χ1v) is 7.10. The monoisotopic (exact) mass is 311 g/mol. The van der Waals surface area contributed by atoms with Gasteiger partial charge in [-0.1, -0.05) is 20.3 Å². The van der Waals surface area contributed by atoms with E-state index in [1.807, 2.05) is 6.92 Å². The summed E-state index contributed by atoms with van der Waals surface area (Å²) in [6.07, 6.45) is 2.24. The Morgan fingerprint density at radius 2 is 2.14 bits per heavy atom. The second-order valence-electron chi connectivity index (χ2n) is 4.50. The molecule has 0 aliphatic carbocycles. The van der Waals surface area contributed by atoms with Crippen molar-refractivity contribution in [3.8, 4) is 5.88 Å².